The van der Waals surface area contributed by atoms with Gasteiger partial charge < -0.3 is 14.7 Å². The fourth-order valence-corrected chi connectivity index (χ4v) is 3.34. The van der Waals surface area contributed by atoms with Crippen molar-refractivity contribution in [3.8, 4) is 0 Å². The number of hydrogen-bond acceptors (Lipinski definition) is 5. The number of ether oxygens (including phenoxy) is 1. The van der Waals surface area contributed by atoms with Crippen molar-refractivity contribution in [1.82, 2.24) is 9.80 Å². The third kappa shape index (κ3) is 3.11. The van der Waals surface area contributed by atoms with Crippen molar-refractivity contribution in [2.75, 3.05) is 13.2 Å². The molecule has 2 aliphatic rings. The highest BCUT2D eigenvalue weighted by Gasteiger charge is 2.46. The van der Waals surface area contributed by atoms with Crippen LogP contribution in [-0.2, 0) is 4.74 Å². The lowest BCUT2D eigenvalue weighted by Crippen LogP contribution is -2.44. The van der Waals surface area contributed by atoms with Crippen LogP contribution in [0.2, 0.25) is 0 Å². The van der Waals surface area contributed by atoms with E-state index in [1.165, 1.54) is 9.80 Å². The van der Waals surface area contributed by atoms with Crippen LogP contribution in [0.25, 0.3) is 0 Å². The Morgan fingerprint density at radius 1 is 1.20 bits per heavy atom. The van der Waals surface area contributed by atoms with Crippen LogP contribution in [-0.4, -0.2) is 63.7 Å². The zero-order chi connectivity index (χ0) is 18.4. The lowest BCUT2D eigenvalue weighted by molar-refractivity contribution is 0.0166. The third-order valence-corrected chi connectivity index (χ3v) is 4.42. The summed E-state index contributed by atoms with van der Waals surface area (Å²) in [5.74, 6) is -0.707. The standard InChI is InChI=1S/C18H22N2O5/c1-18(2,3)25-17(24)19-9-11(8-12(19)10-21)20-15(22)13-6-4-5-7-14(13)16(20)23/h4-7,11-12,21H,8-10H2,1-3H3. The SMILES string of the molecule is CC(C)(C)OC(=O)N1CC(N2C(=O)c3ccccc3C2=O)CC1CO. The summed E-state index contributed by atoms with van der Waals surface area (Å²) in [6.45, 7) is 5.19. The zero-order valence-electron chi connectivity index (χ0n) is 14.6. The highest BCUT2D eigenvalue weighted by Crippen LogP contribution is 2.31. The smallest absolute Gasteiger partial charge is 0.410 e. The van der Waals surface area contributed by atoms with E-state index in [4.69, 9.17) is 4.74 Å². The van der Waals surface area contributed by atoms with Crippen LogP contribution in [0.4, 0.5) is 4.79 Å². The minimum absolute atomic E-state index is 0.158. The topological polar surface area (TPSA) is 87.2 Å². The predicted octanol–water partition coefficient (Wildman–Crippen LogP) is 1.65. The summed E-state index contributed by atoms with van der Waals surface area (Å²) in [7, 11) is 0. The molecule has 1 aromatic carbocycles. The molecule has 3 amide bonds. The molecule has 2 atom stereocenters. The van der Waals surface area contributed by atoms with E-state index in [0.29, 0.717) is 17.5 Å². The molecule has 3 rings (SSSR count). The molecule has 2 unspecified atom stereocenters. The molecule has 134 valence electrons. The number of likely N-dealkylation sites (tertiary alicyclic amines) is 1. The third-order valence-electron chi connectivity index (χ3n) is 4.42. The van der Waals surface area contributed by atoms with Crippen molar-refractivity contribution in [1.29, 1.82) is 0 Å². The van der Waals surface area contributed by atoms with Crippen LogP contribution in [0.1, 0.15) is 47.9 Å². The monoisotopic (exact) mass is 346 g/mol. The molecule has 0 radical (unpaired) electrons. The Morgan fingerprint density at radius 2 is 1.76 bits per heavy atom. The molecule has 0 spiro atoms. The Kier molecular flexibility index (Phi) is 4.28. The first kappa shape index (κ1) is 17.4. The summed E-state index contributed by atoms with van der Waals surface area (Å²) >= 11 is 0. The van der Waals surface area contributed by atoms with Gasteiger partial charge in [0.05, 0.1) is 29.8 Å². The second-order valence-electron chi connectivity index (χ2n) is 7.38. The normalized spacial score (nSPS) is 23.2. The van der Waals surface area contributed by atoms with Crippen molar-refractivity contribution in [2.24, 2.45) is 0 Å². The lowest BCUT2D eigenvalue weighted by Gasteiger charge is -2.28. The molecule has 7 heteroatoms. The molecule has 0 saturated carbocycles. The molecule has 1 aromatic rings. The number of carbonyl (C=O) groups is 3. The highest BCUT2D eigenvalue weighted by atomic mass is 16.6. The molecular formula is C18H22N2O5. The van der Waals surface area contributed by atoms with E-state index in [1.54, 1.807) is 45.0 Å². The van der Waals surface area contributed by atoms with Gasteiger partial charge in [0.2, 0.25) is 0 Å². The predicted molar refractivity (Wildman–Crippen MR) is 89.2 cm³/mol. The number of carbonyl (C=O) groups excluding carboxylic acids is 3. The Labute approximate surface area is 146 Å². The summed E-state index contributed by atoms with van der Waals surface area (Å²) in [6.07, 6.45) is -0.216. The van der Waals surface area contributed by atoms with Crippen molar-refractivity contribution < 1.29 is 24.2 Å². The number of aliphatic hydroxyl groups is 1. The van der Waals surface area contributed by atoms with Gasteiger partial charge in [-0.05, 0) is 39.3 Å². The van der Waals surface area contributed by atoms with E-state index >= 15 is 0 Å². The van der Waals surface area contributed by atoms with E-state index in [1.807, 2.05) is 0 Å². The molecular weight excluding hydrogens is 324 g/mol. The zero-order valence-corrected chi connectivity index (χ0v) is 14.6. The van der Waals surface area contributed by atoms with Crippen molar-refractivity contribution >= 4 is 17.9 Å². The van der Waals surface area contributed by atoms with Gasteiger partial charge in [-0.25, -0.2) is 4.79 Å². The average Bonchev–Trinajstić information content (AvgIpc) is 3.06. The van der Waals surface area contributed by atoms with Crippen molar-refractivity contribution in [3.05, 3.63) is 35.4 Å². The molecule has 0 bridgehead atoms. The van der Waals surface area contributed by atoms with Gasteiger partial charge in [-0.3, -0.25) is 14.5 Å². The molecule has 1 fully saturated rings. The van der Waals surface area contributed by atoms with Crippen molar-refractivity contribution in [3.63, 3.8) is 0 Å². The summed E-state index contributed by atoms with van der Waals surface area (Å²) < 4.78 is 5.37. The first-order chi connectivity index (χ1) is 11.7. The summed E-state index contributed by atoms with van der Waals surface area (Å²) in [6, 6.07) is 5.72. The summed E-state index contributed by atoms with van der Waals surface area (Å²) in [4.78, 5) is 40.2. The molecule has 1 N–H and O–H groups in total. The van der Waals surface area contributed by atoms with Crippen LogP contribution in [0, 0.1) is 0 Å². The molecule has 0 aliphatic carbocycles. The van der Waals surface area contributed by atoms with Gasteiger partial charge in [0.25, 0.3) is 11.8 Å². The molecule has 25 heavy (non-hydrogen) atoms. The minimum atomic E-state index is -0.662. The number of aliphatic hydroxyl groups excluding tert-OH is 1. The Balaban J connectivity index is 1.80. The Bertz CT molecular complexity index is 689. The van der Waals surface area contributed by atoms with E-state index in [2.05, 4.69) is 0 Å². The first-order valence-electron chi connectivity index (χ1n) is 8.30. The molecule has 1 saturated heterocycles. The van der Waals surface area contributed by atoms with E-state index in [9.17, 15) is 19.5 Å². The number of imide groups is 1. The van der Waals surface area contributed by atoms with E-state index in [-0.39, 0.29) is 25.0 Å². The van der Waals surface area contributed by atoms with Crippen LogP contribution in [0.15, 0.2) is 24.3 Å². The maximum Gasteiger partial charge on any atom is 0.410 e. The summed E-state index contributed by atoms with van der Waals surface area (Å²) in [5.41, 5.74) is 0.0950. The summed E-state index contributed by atoms with van der Waals surface area (Å²) in [5, 5.41) is 9.61. The van der Waals surface area contributed by atoms with Crippen molar-refractivity contribution in [2.45, 2.75) is 44.9 Å². The number of amides is 3. The number of nitrogens with zero attached hydrogens (tertiary/aromatic N) is 2. The number of fused-ring (bicyclic) bond motifs is 1. The number of benzene rings is 1. The Morgan fingerprint density at radius 3 is 2.24 bits per heavy atom. The van der Waals surface area contributed by atoms with Gasteiger partial charge in [-0.2, -0.15) is 0 Å². The van der Waals surface area contributed by atoms with Crippen LogP contribution < -0.4 is 0 Å². The molecule has 2 aliphatic heterocycles. The second-order valence-corrected chi connectivity index (χ2v) is 7.38. The van der Waals surface area contributed by atoms with Crippen LogP contribution in [0.3, 0.4) is 0 Å². The average molecular weight is 346 g/mol. The first-order valence-corrected chi connectivity index (χ1v) is 8.30. The Hall–Kier alpha value is -2.41. The molecule has 2 heterocycles. The van der Waals surface area contributed by atoms with Gasteiger partial charge in [-0.1, -0.05) is 12.1 Å². The van der Waals surface area contributed by atoms with Gasteiger partial charge in [0.1, 0.15) is 5.60 Å². The highest BCUT2D eigenvalue weighted by molar-refractivity contribution is 6.21. The quantitative estimate of drug-likeness (QED) is 0.823. The largest absolute Gasteiger partial charge is 0.444 e. The second kappa shape index (κ2) is 6.15. The number of rotatable bonds is 2. The van der Waals surface area contributed by atoms with E-state index in [0.717, 1.165) is 0 Å². The molecule has 7 nitrogen and oxygen atoms in total. The van der Waals surface area contributed by atoms with Gasteiger partial charge >= 0.3 is 6.09 Å². The van der Waals surface area contributed by atoms with Crippen LogP contribution >= 0.6 is 0 Å². The lowest BCUT2D eigenvalue weighted by atomic mass is 10.1. The maximum atomic E-state index is 12.6. The minimum Gasteiger partial charge on any atom is -0.444 e. The van der Waals surface area contributed by atoms with Gasteiger partial charge in [-0.15, -0.1) is 0 Å². The van der Waals surface area contributed by atoms with Gasteiger partial charge in [0, 0.05) is 6.54 Å². The number of hydrogen-bond donors (Lipinski definition) is 1. The molecule has 0 aromatic heterocycles. The fraction of sp³-hybridized carbons (Fsp3) is 0.500. The van der Waals surface area contributed by atoms with Gasteiger partial charge in [0.15, 0.2) is 0 Å². The maximum absolute atomic E-state index is 12.6. The fourth-order valence-electron chi connectivity index (χ4n) is 3.34. The van der Waals surface area contributed by atoms with Crippen LogP contribution in [0.5, 0.6) is 0 Å². The van der Waals surface area contributed by atoms with E-state index < -0.39 is 23.8 Å².